The van der Waals surface area contributed by atoms with E-state index in [0.29, 0.717) is 30.6 Å². The number of morpholine rings is 1. The zero-order valence-electron chi connectivity index (χ0n) is 19.8. The maximum Gasteiger partial charge on any atom is 0.222 e. The number of amidine groups is 1. The summed E-state index contributed by atoms with van der Waals surface area (Å²) in [6.07, 6.45) is 7.23. The smallest absolute Gasteiger partial charge is 0.222 e. The Labute approximate surface area is 207 Å². The average Bonchev–Trinajstić information content (AvgIpc) is 3.51. The number of para-hydroxylation sites is 1. The summed E-state index contributed by atoms with van der Waals surface area (Å²) in [5, 5.41) is 11.2. The van der Waals surface area contributed by atoms with Gasteiger partial charge in [0.15, 0.2) is 6.17 Å². The van der Waals surface area contributed by atoms with Gasteiger partial charge in [0, 0.05) is 47.7 Å². The molecule has 1 fully saturated rings. The number of rotatable bonds is 3. The van der Waals surface area contributed by atoms with Crippen molar-refractivity contribution in [2.24, 2.45) is 15.1 Å². The van der Waals surface area contributed by atoms with Crippen LogP contribution in [0.4, 0.5) is 4.39 Å². The Bertz CT molecular complexity index is 1390. The van der Waals surface area contributed by atoms with Gasteiger partial charge in [-0.05, 0) is 37.0 Å². The van der Waals surface area contributed by atoms with Crippen molar-refractivity contribution in [3.05, 3.63) is 65.4 Å². The summed E-state index contributed by atoms with van der Waals surface area (Å²) < 4.78 is 19.6. The minimum atomic E-state index is -0.399. The number of nitrogens with zero attached hydrogens (tertiary/aromatic N) is 6. The number of H-pyrrole nitrogens is 1. The number of hydrogen-bond donors (Lipinski definition) is 2. The fourth-order valence-electron chi connectivity index (χ4n) is 5.64. The molecule has 5 heterocycles. The van der Waals surface area contributed by atoms with Gasteiger partial charge in [-0.2, -0.15) is 5.10 Å². The second-order valence-corrected chi connectivity index (χ2v) is 9.63. The van der Waals surface area contributed by atoms with Crippen LogP contribution in [0.3, 0.4) is 0 Å². The molecule has 0 radical (unpaired) electrons. The van der Waals surface area contributed by atoms with Gasteiger partial charge >= 0.3 is 0 Å². The van der Waals surface area contributed by atoms with Gasteiger partial charge in [-0.1, -0.05) is 18.2 Å². The van der Waals surface area contributed by atoms with Crippen LogP contribution >= 0.6 is 0 Å². The Morgan fingerprint density at radius 2 is 2.03 bits per heavy atom. The maximum absolute atomic E-state index is 14.0. The number of halogens is 1. The maximum atomic E-state index is 14.0. The number of hydrazone groups is 1. The molecule has 2 aromatic heterocycles. The van der Waals surface area contributed by atoms with E-state index in [-0.39, 0.29) is 18.2 Å². The number of ether oxygens (including phenoxy) is 1. The van der Waals surface area contributed by atoms with E-state index in [1.54, 1.807) is 6.20 Å². The van der Waals surface area contributed by atoms with Gasteiger partial charge in [0.05, 0.1) is 31.5 Å². The SMILES string of the molecule is Fc1cncc(C2=NC3C(N4CCOCC4)C=NN3C(=N[C@@H]3CCc4[nH]c5ccccc5c4C3)N2)c1. The number of nitrogens with one attached hydrogen (secondary N) is 2. The number of benzene rings is 1. The lowest BCUT2D eigenvalue weighted by Gasteiger charge is -2.37. The molecule has 1 aliphatic carbocycles. The zero-order chi connectivity index (χ0) is 24.1. The second kappa shape index (κ2) is 8.79. The molecule has 3 aliphatic heterocycles. The van der Waals surface area contributed by atoms with Gasteiger partial charge in [0.1, 0.15) is 11.7 Å². The first-order valence-corrected chi connectivity index (χ1v) is 12.5. The summed E-state index contributed by atoms with van der Waals surface area (Å²) in [5.41, 5.74) is 4.43. The van der Waals surface area contributed by atoms with Crippen LogP contribution in [0.15, 0.2) is 57.8 Å². The molecular formula is C26H27FN8O. The van der Waals surface area contributed by atoms with Crippen molar-refractivity contribution in [1.29, 1.82) is 0 Å². The molecule has 1 aromatic carbocycles. The van der Waals surface area contributed by atoms with Gasteiger partial charge in [-0.15, -0.1) is 0 Å². The van der Waals surface area contributed by atoms with Crippen molar-refractivity contribution < 1.29 is 9.13 Å². The molecule has 7 rings (SSSR count). The molecule has 9 nitrogen and oxygen atoms in total. The lowest BCUT2D eigenvalue weighted by atomic mass is 9.92. The number of aromatic nitrogens is 2. The van der Waals surface area contributed by atoms with Gasteiger partial charge in [0.2, 0.25) is 5.96 Å². The molecule has 0 amide bonds. The predicted molar refractivity (Wildman–Crippen MR) is 136 cm³/mol. The van der Waals surface area contributed by atoms with Gasteiger partial charge < -0.3 is 15.0 Å². The van der Waals surface area contributed by atoms with E-state index < -0.39 is 5.82 Å². The largest absolute Gasteiger partial charge is 0.379 e. The Balaban J connectivity index is 1.23. The Hall–Kier alpha value is -3.63. The van der Waals surface area contributed by atoms with Crippen molar-refractivity contribution in [3.63, 3.8) is 0 Å². The summed E-state index contributed by atoms with van der Waals surface area (Å²) in [4.78, 5) is 20.1. The van der Waals surface area contributed by atoms with Crippen LogP contribution in [0, 0.1) is 5.82 Å². The molecule has 3 atom stereocenters. The number of aromatic amines is 1. The van der Waals surface area contributed by atoms with E-state index in [9.17, 15) is 4.39 Å². The minimum absolute atomic E-state index is 0.00991. The number of fused-ring (bicyclic) bond motifs is 4. The Morgan fingerprint density at radius 1 is 1.14 bits per heavy atom. The number of hydrogen-bond acceptors (Lipinski definition) is 6. The third kappa shape index (κ3) is 3.77. The van der Waals surface area contributed by atoms with Gasteiger partial charge in [-0.3, -0.25) is 9.88 Å². The van der Waals surface area contributed by atoms with Gasteiger partial charge in [0.25, 0.3) is 0 Å². The zero-order valence-corrected chi connectivity index (χ0v) is 19.8. The van der Waals surface area contributed by atoms with E-state index in [1.807, 2.05) is 11.2 Å². The monoisotopic (exact) mass is 486 g/mol. The van der Waals surface area contributed by atoms with Crippen LogP contribution in [0.1, 0.15) is 23.2 Å². The molecule has 3 aromatic rings. The summed E-state index contributed by atoms with van der Waals surface area (Å²) in [7, 11) is 0. The summed E-state index contributed by atoms with van der Waals surface area (Å²) >= 11 is 0. The number of pyridine rings is 1. The standard InChI is InChI=1S/C26H27FN8O/c27-17-11-16(13-28-14-17)24-32-25-23(34-7-9-36-10-8-34)15-29-35(25)26(33-24)30-18-5-6-22-20(12-18)19-3-1-2-4-21(19)31-22/h1-4,11,13-15,18,23,25,31H,5-10,12H2,(H,30,32,33)/t18-,23?,25?/m1/s1. The number of guanidine groups is 1. The second-order valence-electron chi connectivity index (χ2n) is 9.63. The van der Waals surface area contributed by atoms with Crippen LogP contribution in [0.5, 0.6) is 0 Å². The minimum Gasteiger partial charge on any atom is -0.379 e. The molecule has 0 spiro atoms. The molecule has 2 unspecified atom stereocenters. The highest BCUT2D eigenvalue weighted by Gasteiger charge is 2.41. The van der Waals surface area contributed by atoms with E-state index >= 15 is 0 Å². The van der Waals surface area contributed by atoms with E-state index in [4.69, 9.17) is 19.8 Å². The molecular weight excluding hydrogens is 459 g/mol. The molecule has 2 N–H and O–H groups in total. The molecule has 4 aliphatic rings. The Morgan fingerprint density at radius 3 is 2.92 bits per heavy atom. The topological polar surface area (TPSA) is 93.5 Å². The number of aliphatic imine (C=N–C) groups is 2. The highest BCUT2D eigenvalue weighted by atomic mass is 19.1. The average molecular weight is 487 g/mol. The van der Waals surface area contributed by atoms with Crippen LogP contribution in [-0.2, 0) is 17.6 Å². The third-order valence-corrected chi connectivity index (χ3v) is 7.43. The molecule has 184 valence electrons. The molecule has 36 heavy (non-hydrogen) atoms. The van der Waals surface area contributed by atoms with Crippen molar-refractivity contribution in [2.45, 2.75) is 37.5 Å². The summed E-state index contributed by atoms with van der Waals surface area (Å²) in [5.74, 6) is 0.813. The van der Waals surface area contributed by atoms with E-state index in [1.165, 1.54) is 34.4 Å². The molecule has 0 saturated carbocycles. The van der Waals surface area contributed by atoms with Crippen molar-refractivity contribution >= 4 is 28.9 Å². The molecule has 0 bridgehead atoms. The lowest BCUT2D eigenvalue weighted by Crippen LogP contribution is -2.57. The normalized spacial score (nSPS) is 27.1. The van der Waals surface area contributed by atoms with Crippen LogP contribution < -0.4 is 5.32 Å². The van der Waals surface area contributed by atoms with Crippen LogP contribution in [-0.4, -0.2) is 82.4 Å². The third-order valence-electron chi connectivity index (χ3n) is 7.43. The first-order chi connectivity index (χ1) is 17.7. The predicted octanol–water partition coefficient (Wildman–Crippen LogP) is 2.29. The fourth-order valence-corrected chi connectivity index (χ4v) is 5.64. The molecule has 10 heteroatoms. The van der Waals surface area contributed by atoms with Crippen molar-refractivity contribution in [3.8, 4) is 0 Å². The highest BCUT2D eigenvalue weighted by molar-refractivity contribution is 6.10. The van der Waals surface area contributed by atoms with E-state index in [2.05, 4.69) is 44.5 Å². The summed E-state index contributed by atoms with van der Waals surface area (Å²) in [6, 6.07) is 9.99. The first kappa shape index (κ1) is 21.6. The van der Waals surface area contributed by atoms with Crippen molar-refractivity contribution in [1.82, 2.24) is 25.2 Å². The molecule has 1 saturated heterocycles. The van der Waals surface area contributed by atoms with Gasteiger partial charge in [-0.25, -0.2) is 19.4 Å². The van der Waals surface area contributed by atoms with Crippen LogP contribution in [0.2, 0.25) is 0 Å². The van der Waals surface area contributed by atoms with Crippen molar-refractivity contribution in [2.75, 3.05) is 26.3 Å². The number of aryl methyl sites for hydroxylation is 1. The highest BCUT2D eigenvalue weighted by Crippen LogP contribution is 2.31. The van der Waals surface area contributed by atoms with Crippen LogP contribution in [0.25, 0.3) is 10.9 Å². The quantitative estimate of drug-likeness (QED) is 0.593. The first-order valence-electron chi connectivity index (χ1n) is 12.5. The Kier molecular flexibility index (Phi) is 5.28. The lowest BCUT2D eigenvalue weighted by molar-refractivity contribution is 0.0211. The van der Waals surface area contributed by atoms with E-state index in [0.717, 1.165) is 32.4 Å². The summed E-state index contributed by atoms with van der Waals surface area (Å²) in [6.45, 7) is 3.02. The fraction of sp³-hybridized carbons (Fsp3) is 0.385.